The number of hydrogen-bond donors (Lipinski definition) is 1. The minimum Gasteiger partial charge on any atom is -0.327 e. The average Bonchev–Trinajstić information content (AvgIpc) is 2.35. The molecule has 1 heterocycles. The van der Waals surface area contributed by atoms with E-state index in [9.17, 15) is 8.42 Å². The van der Waals surface area contributed by atoms with Crippen LogP contribution in [0.3, 0.4) is 0 Å². The highest BCUT2D eigenvalue weighted by atomic mass is 79.9. The lowest BCUT2D eigenvalue weighted by atomic mass is 9.81. The Kier molecular flexibility index (Phi) is 4.59. The first-order chi connectivity index (χ1) is 9.21. The Morgan fingerprint density at radius 3 is 2.50 bits per heavy atom. The number of hydrogen-bond acceptors (Lipinski definition) is 3. The molecule has 0 aliphatic carbocycles. The van der Waals surface area contributed by atoms with Crippen molar-refractivity contribution < 1.29 is 8.42 Å². The first kappa shape index (κ1) is 15.9. The van der Waals surface area contributed by atoms with Crippen LogP contribution in [0.25, 0.3) is 0 Å². The fraction of sp³-hybridized carbons (Fsp3) is 0.571. The third-order valence-electron chi connectivity index (χ3n) is 3.93. The summed E-state index contributed by atoms with van der Waals surface area (Å²) in [6.07, 6.45) is 0.715. The first-order valence-electron chi connectivity index (χ1n) is 6.68. The second-order valence-electron chi connectivity index (χ2n) is 6.10. The Morgan fingerprint density at radius 2 is 1.95 bits per heavy atom. The van der Waals surface area contributed by atoms with Crippen LogP contribution in [0.5, 0.6) is 0 Å². The van der Waals surface area contributed by atoms with Crippen LogP contribution in [-0.2, 0) is 15.8 Å². The van der Waals surface area contributed by atoms with Crippen molar-refractivity contribution in [3.63, 3.8) is 0 Å². The van der Waals surface area contributed by atoms with E-state index in [0.717, 1.165) is 10.0 Å². The van der Waals surface area contributed by atoms with Crippen LogP contribution in [0.1, 0.15) is 25.8 Å². The number of halogens is 1. The molecule has 0 amide bonds. The molecular weight excluding hydrogens is 340 g/mol. The van der Waals surface area contributed by atoms with Crippen LogP contribution in [0.2, 0.25) is 0 Å². The summed E-state index contributed by atoms with van der Waals surface area (Å²) in [4.78, 5) is 0. The summed E-state index contributed by atoms with van der Waals surface area (Å²) < 4.78 is 27.5. The van der Waals surface area contributed by atoms with Gasteiger partial charge in [-0.1, -0.05) is 41.9 Å². The number of benzene rings is 1. The number of nitrogens with two attached hydrogens (primary N) is 1. The van der Waals surface area contributed by atoms with Gasteiger partial charge in [0.15, 0.2) is 0 Å². The lowest BCUT2D eigenvalue weighted by Crippen LogP contribution is -2.54. The van der Waals surface area contributed by atoms with E-state index in [0.29, 0.717) is 19.5 Å². The Morgan fingerprint density at radius 1 is 1.35 bits per heavy atom. The molecule has 1 unspecified atom stereocenters. The molecule has 0 bridgehead atoms. The third kappa shape index (κ3) is 3.61. The molecule has 1 fully saturated rings. The van der Waals surface area contributed by atoms with Crippen LogP contribution < -0.4 is 5.73 Å². The molecule has 1 aliphatic rings. The van der Waals surface area contributed by atoms with Gasteiger partial charge in [0.1, 0.15) is 0 Å². The summed E-state index contributed by atoms with van der Waals surface area (Å²) in [7, 11) is -3.28. The Bertz CT molecular complexity index is 569. The van der Waals surface area contributed by atoms with E-state index in [1.54, 1.807) is 4.31 Å². The number of nitrogens with zero attached hydrogens (tertiary/aromatic N) is 1. The number of rotatable bonds is 3. The highest BCUT2D eigenvalue weighted by molar-refractivity contribution is 9.10. The highest BCUT2D eigenvalue weighted by Crippen LogP contribution is 2.30. The van der Waals surface area contributed by atoms with Crippen molar-refractivity contribution in [2.45, 2.75) is 32.1 Å². The molecular formula is C14H21BrN2O2S. The van der Waals surface area contributed by atoms with E-state index >= 15 is 0 Å². The number of piperidine rings is 1. The van der Waals surface area contributed by atoms with Crippen molar-refractivity contribution in [1.29, 1.82) is 0 Å². The Balaban J connectivity index is 2.13. The van der Waals surface area contributed by atoms with Gasteiger partial charge in [-0.3, -0.25) is 0 Å². The van der Waals surface area contributed by atoms with Gasteiger partial charge in [0.2, 0.25) is 10.0 Å². The lowest BCUT2D eigenvalue weighted by Gasteiger charge is -2.41. The Labute approximate surface area is 129 Å². The summed E-state index contributed by atoms with van der Waals surface area (Å²) in [6, 6.07) is 7.45. The molecule has 0 radical (unpaired) electrons. The molecule has 1 aliphatic heterocycles. The van der Waals surface area contributed by atoms with E-state index in [4.69, 9.17) is 5.73 Å². The largest absolute Gasteiger partial charge is 0.327 e. The quantitative estimate of drug-likeness (QED) is 0.899. The van der Waals surface area contributed by atoms with Crippen LogP contribution in [-0.4, -0.2) is 31.9 Å². The average molecular weight is 361 g/mol. The zero-order valence-corrected chi connectivity index (χ0v) is 14.2. The van der Waals surface area contributed by atoms with Crippen molar-refractivity contribution in [2.75, 3.05) is 13.1 Å². The Hall–Kier alpha value is -0.430. The van der Waals surface area contributed by atoms with Gasteiger partial charge >= 0.3 is 0 Å². The van der Waals surface area contributed by atoms with Crippen molar-refractivity contribution >= 4 is 26.0 Å². The zero-order chi connectivity index (χ0) is 15.0. The van der Waals surface area contributed by atoms with Crippen LogP contribution >= 0.6 is 15.9 Å². The van der Waals surface area contributed by atoms with Gasteiger partial charge in [-0.05, 0) is 29.5 Å². The van der Waals surface area contributed by atoms with Crippen molar-refractivity contribution in [3.05, 3.63) is 34.3 Å². The topological polar surface area (TPSA) is 63.4 Å². The maximum atomic E-state index is 12.5. The van der Waals surface area contributed by atoms with E-state index in [1.807, 2.05) is 38.1 Å². The second kappa shape index (κ2) is 5.75. The standard InChI is InChI=1S/C14H21BrN2O2S/c1-14(2)10-17(8-7-13(14)16)20(18,19)9-11-3-5-12(15)6-4-11/h3-6,13H,7-10,16H2,1-2H3. The third-order valence-corrected chi connectivity index (χ3v) is 6.26. The van der Waals surface area contributed by atoms with Gasteiger partial charge in [-0.25, -0.2) is 12.7 Å². The maximum Gasteiger partial charge on any atom is 0.218 e. The summed E-state index contributed by atoms with van der Waals surface area (Å²) in [5, 5.41) is 0. The van der Waals surface area contributed by atoms with Crippen LogP contribution in [0.15, 0.2) is 28.7 Å². The maximum absolute atomic E-state index is 12.5. The monoisotopic (exact) mass is 360 g/mol. The van der Waals surface area contributed by atoms with E-state index < -0.39 is 10.0 Å². The van der Waals surface area contributed by atoms with Gasteiger partial charge in [-0.15, -0.1) is 0 Å². The van der Waals surface area contributed by atoms with Gasteiger partial charge in [0.25, 0.3) is 0 Å². The summed E-state index contributed by atoms with van der Waals surface area (Å²) >= 11 is 3.35. The molecule has 1 aromatic rings. The minimum atomic E-state index is -3.28. The molecule has 4 nitrogen and oxygen atoms in total. The fourth-order valence-corrected chi connectivity index (χ4v) is 4.42. The number of sulfonamides is 1. The summed E-state index contributed by atoms with van der Waals surface area (Å²) in [6.45, 7) is 5.06. The first-order valence-corrected chi connectivity index (χ1v) is 9.09. The minimum absolute atomic E-state index is 0.0472. The second-order valence-corrected chi connectivity index (χ2v) is 8.98. The van der Waals surface area contributed by atoms with E-state index in [1.165, 1.54) is 0 Å². The van der Waals surface area contributed by atoms with Crippen LogP contribution in [0, 0.1) is 5.41 Å². The molecule has 0 aromatic heterocycles. The molecule has 0 saturated carbocycles. The molecule has 1 atom stereocenters. The predicted molar refractivity (Wildman–Crippen MR) is 84.7 cm³/mol. The highest BCUT2D eigenvalue weighted by Gasteiger charge is 2.38. The van der Waals surface area contributed by atoms with Gasteiger partial charge < -0.3 is 5.73 Å². The normalized spacial score (nSPS) is 23.7. The van der Waals surface area contributed by atoms with Gasteiger partial charge in [0, 0.05) is 23.6 Å². The SMILES string of the molecule is CC1(C)CN(S(=O)(=O)Cc2ccc(Br)cc2)CCC1N. The lowest BCUT2D eigenvalue weighted by molar-refractivity contribution is 0.155. The molecule has 2 N–H and O–H groups in total. The van der Waals surface area contributed by atoms with Gasteiger partial charge in [-0.2, -0.15) is 0 Å². The summed E-state index contributed by atoms with van der Waals surface area (Å²) in [5.41, 5.74) is 6.69. The smallest absolute Gasteiger partial charge is 0.218 e. The molecule has 1 aromatic carbocycles. The van der Waals surface area contributed by atoms with E-state index in [-0.39, 0.29) is 17.2 Å². The van der Waals surface area contributed by atoms with Crippen molar-refractivity contribution in [3.8, 4) is 0 Å². The van der Waals surface area contributed by atoms with Gasteiger partial charge in [0.05, 0.1) is 5.75 Å². The molecule has 112 valence electrons. The predicted octanol–water partition coefficient (Wildman–Crippen LogP) is 2.34. The summed E-state index contributed by atoms with van der Waals surface area (Å²) in [5.74, 6) is 0.0472. The van der Waals surface area contributed by atoms with Crippen molar-refractivity contribution in [1.82, 2.24) is 4.31 Å². The molecule has 20 heavy (non-hydrogen) atoms. The molecule has 1 saturated heterocycles. The molecule has 2 rings (SSSR count). The molecule has 6 heteroatoms. The fourth-order valence-electron chi connectivity index (χ4n) is 2.44. The van der Waals surface area contributed by atoms with E-state index in [2.05, 4.69) is 15.9 Å². The van der Waals surface area contributed by atoms with Crippen molar-refractivity contribution in [2.24, 2.45) is 11.1 Å². The molecule has 0 spiro atoms. The zero-order valence-electron chi connectivity index (χ0n) is 11.8. The van der Waals surface area contributed by atoms with Crippen LogP contribution in [0.4, 0.5) is 0 Å².